The topological polar surface area (TPSA) is 80.7 Å². The molecule has 1 unspecified atom stereocenters. The molecular weight excluding hydrogens is 432 g/mol. The molecule has 156 valence electrons. The molecule has 0 fully saturated rings. The summed E-state index contributed by atoms with van der Waals surface area (Å²) in [5.41, 5.74) is 1.16. The lowest BCUT2D eigenvalue weighted by Crippen LogP contribution is -2.34. The number of furan rings is 1. The van der Waals surface area contributed by atoms with E-state index in [9.17, 15) is 9.59 Å². The number of aryl methyl sites for hydroxylation is 1. The van der Waals surface area contributed by atoms with Crippen LogP contribution in [0.1, 0.15) is 28.0 Å². The third-order valence-corrected chi connectivity index (χ3v) is 6.93. The standard InChI is InChI=1S/C22H18N4O3S2/c1-14-6-8-20(31-14)15-7-9-21(27)25(23-15)13-22(28)26-17(18-4-2-10-29-18)12-16(24-26)19-5-3-11-30-19/h2-11,17H,12-13H2,1H3. The minimum absolute atomic E-state index is 0.199. The van der Waals surface area contributed by atoms with Crippen LogP contribution in [0.25, 0.3) is 10.6 Å². The van der Waals surface area contributed by atoms with Crippen LogP contribution in [-0.4, -0.2) is 26.4 Å². The molecule has 0 saturated heterocycles. The lowest BCUT2D eigenvalue weighted by Gasteiger charge is -2.20. The lowest BCUT2D eigenvalue weighted by atomic mass is 10.1. The first-order valence-electron chi connectivity index (χ1n) is 9.70. The van der Waals surface area contributed by atoms with Gasteiger partial charge in [0.15, 0.2) is 0 Å². The summed E-state index contributed by atoms with van der Waals surface area (Å²) in [6, 6.07) is 14.3. The molecule has 0 aliphatic carbocycles. The monoisotopic (exact) mass is 450 g/mol. The van der Waals surface area contributed by atoms with E-state index in [-0.39, 0.29) is 24.1 Å². The molecule has 31 heavy (non-hydrogen) atoms. The number of nitrogens with zero attached hydrogens (tertiary/aromatic N) is 4. The third-order valence-electron chi connectivity index (χ3n) is 4.99. The number of carbonyl (C=O) groups is 1. The summed E-state index contributed by atoms with van der Waals surface area (Å²) in [6.45, 7) is 1.81. The molecular formula is C22H18N4O3S2. The molecule has 0 radical (unpaired) electrons. The summed E-state index contributed by atoms with van der Waals surface area (Å²) in [4.78, 5) is 28.7. The number of amides is 1. The minimum atomic E-state index is -0.349. The zero-order chi connectivity index (χ0) is 21.4. The van der Waals surface area contributed by atoms with Crippen molar-refractivity contribution in [2.75, 3.05) is 0 Å². The summed E-state index contributed by atoms with van der Waals surface area (Å²) in [5.74, 6) is 0.342. The largest absolute Gasteiger partial charge is 0.467 e. The molecule has 7 nitrogen and oxygen atoms in total. The van der Waals surface area contributed by atoms with Gasteiger partial charge in [0.2, 0.25) is 0 Å². The predicted octanol–water partition coefficient (Wildman–Crippen LogP) is 4.31. The van der Waals surface area contributed by atoms with Crippen LogP contribution in [0.4, 0.5) is 0 Å². The first-order valence-corrected chi connectivity index (χ1v) is 11.4. The zero-order valence-corrected chi connectivity index (χ0v) is 18.2. The first-order chi connectivity index (χ1) is 15.1. The molecule has 5 heterocycles. The lowest BCUT2D eigenvalue weighted by molar-refractivity contribution is -0.134. The smallest absolute Gasteiger partial charge is 0.267 e. The molecule has 0 saturated carbocycles. The highest BCUT2D eigenvalue weighted by Gasteiger charge is 2.35. The van der Waals surface area contributed by atoms with E-state index in [4.69, 9.17) is 4.42 Å². The van der Waals surface area contributed by atoms with Gasteiger partial charge in [-0.15, -0.1) is 22.7 Å². The van der Waals surface area contributed by atoms with Gasteiger partial charge < -0.3 is 4.42 Å². The van der Waals surface area contributed by atoms with Crippen LogP contribution in [0, 0.1) is 6.92 Å². The molecule has 1 aliphatic rings. The fourth-order valence-electron chi connectivity index (χ4n) is 3.50. The number of hydrogen-bond acceptors (Lipinski definition) is 7. The number of aromatic nitrogens is 2. The average molecular weight is 451 g/mol. The minimum Gasteiger partial charge on any atom is -0.467 e. The normalized spacial score (nSPS) is 16.0. The van der Waals surface area contributed by atoms with Crippen LogP contribution >= 0.6 is 22.7 Å². The quantitative estimate of drug-likeness (QED) is 0.454. The van der Waals surface area contributed by atoms with Crippen molar-refractivity contribution in [1.29, 1.82) is 0 Å². The van der Waals surface area contributed by atoms with Crippen molar-refractivity contribution in [3.8, 4) is 10.6 Å². The van der Waals surface area contributed by atoms with Crippen LogP contribution in [0.3, 0.4) is 0 Å². The van der Waals surface area contributed by atoms with Gasteiger partial charge in [-0.2, -0.15) is 10.2 Å². The number of rotatable bonds is 5. The summed E-state index contributed by atoms with van der Waals surface area (Å²) < 4.78 is 6.77. The Balaban J connectivity index is 1.45. The Bertz CT molecular complexity index is 1300. The SMILES string of the molecule is Cc1ccc(-c2ccc(=O)n(CC(=O)N3N=C(c4cccs4)CC3c3ccco3)n2)s1. The number of hydrazone groups is 1. The van der Waals surface area contributed by atoms with Gasteiger partial charge >= 0.3 is 0 Å². The van der Waals surface area contributed by atoms with E-state index < -0.39 is 0 Å². The highest BCUT2D eigenvalue weighted by atomic mass is 32.1. The van der Waals surface area contributed by atoms with Gasteiger partial charge in [0.1, 0.15) is 24.0 Å². The van der Waals surface area contributed by atoms with Crippen molar-refractivity contribution in [3.05, 3.63) is 86.0 Å². The Morgan fingerprint density at radius 3 is 2.77 bits per heavy atom. The van der Waals surface area contributed by atoms with Crippen LogP contribution in [0.2, 0.25) is 0 Å². The van der Waals surface area contributed by atoms with Gasteiger partial charge in [-0.3, -0.25) is 9.59 Å². The molecule has 0 N–H and O–H groups in total. The van der Waals surface area contributed by atoms with Gasteiger partial charge in [-0.05, 0) is 48.7 Å². The van der Waals surface area contributed by atoms with Crippen molar-refractivity contribution >= 4 is 34.3 Å². The maximum absolute atomic E-state index is 13.2. The van der Waals surface area contributed by atoms with Gasteiger partial charge in [-0.25, -0.2) is 9.69 Å². The van der Waals surface area contributed by atoms with E-state index in [2.05, 4.69) is 10.2 Å². The molecule has 4 aromatic rings. The molecule has 5 rings (SSSR count). The van der Waals surface area contributed by atoms with E-state index in [1.807, 2.05) is 42.6 Å². The van der Waals surface area contributed by atoms with Gasteiger partial charge in [0.05, 0.1) is 21.7 Å². The van der Waals surface area contributed by atoms with Crippen molar-refractivity contribution in [2.24, 2.45) is 5.10 Å². The summed E-state index contributed by atoms with van der Waals surface area (Å²) in [5, 5.41) is 12.4. The zero-order valence-electron chi connectivity index (χ0n) is 16.6. The van der Waals surface area contributed by atoms with E-state index in [0.717, 1.165) is 20.3 Å². The van der Waals surface area contributed by atoms with E-state index >= 15 is 0 Å². The van der Waals surface area contributed by atoms with Crippen LogP contribution in [0.5, 0.6) is 0 Å². The van der Waals surface area contributed by atoms with Crippen LogP contribution in [-0.2, 0) is 11.3 Å². The number of thiophene rings is 2. The first kappa shape index (κ1) is 19.7. The summed E-state index contributed by atoms with van der Waals surface area (Å²) in [7, 11) is 0. The Morgan fingerprint density at radius 1 is 1.16 bits per heavy atom. The van der Waals surface area contributed by atoms with E-state index in [1.54, 1.807) is 41.1 Å². The maximum atomic E-state index is 13.2. The van der Waals surface area contributed by atoms with Gasteiger partial charge in [0, 0.05) is 17.4 Å². The number of hydrogen-bond donors (Lipinski definition) is 0. The van der Waals surface area contributed by atoms with E-state index in [0.29, 0.717) is 17.9 Å². The molecule has 0 bridgehead atoms. The number of carbonyl (C=O) groups excluding carboxylic acids is 1. The predicted molar refractivity (Wildman–Crippen MR) is 120 cm³/mol. The molecule has 4 aromatic heterocycles. The second-order valence-electron chi connectivity index (χ2n) is 7.12. The fraction of sp³-hybridized carbons (Fsp3) is 0.182. The average Bonchev–Trinajstić information content (AvgIpc) is 3.54. The Morgan fingerprint density at radius 2 is 2.06 bits per heavy atom. The molecule has 0 aromatic carbocycles. The molecule has 1 amide bonds. The van der Waals surface area contributed by atoms with Crippen LogP contribution in [0.15, 0.2) is 74.5 Å². The highest BCUT2D eigenvalue weighted by Crippen LogP contribution is 2.34. The molecule has 1 atom stereocenters. The summed E-state index contributed by atoms with van der Waals surface area (Å²) >= 11 is 3.17. The van der Waals surface area contributed by atoms with Crippen LogP contribution < -0.4 is 5.56 Å². The van der Waals surface area contributed by atoms with Gasteiger partial charge in [0.25, 0.3) is 11.5 Å². The van der Waals surface area contributed by atoms with Crippen molar-refractivity contribution < 1.29 is 9.21 Å². The second kappa shape index (κ2) is 8.09. The third kappa shape index (κ3) is 3.89. The van der Waals surface area contributed by atoms with Crippen molar-refractivity contribution in [3.63, 3.8) is 0 Å². The van der Waals surface area contributed by atoms with Gasteiger partial charge in [-0.1, -0.05) is 6.07 Å². The molecule has 1 aliphatic heterocycles. The summed E-state index contributed by atoms with van der Waals surface area (Å²) in [6.07, 6.45) is 2.14. The Hall–Kier alpha value is -3.30. The van der Waals surface area contributed by atoms with Crippen molar-refractivity contribution in [1.82, 2.24) is 14.8 Å². The van der Waals surface area contributed by atoms with Crippen molar-refractivity contribution in [2.45, 2.75) is 25.9 Å². The Labute approximate surface area is 185 Å². The maximum Gasteiger partial charge on any atom is 0.267 e. The molecule has 0 spiro atoms. The highest BCUT2D eigenvalue weighted by molar-refractivity contribution is 7.15. The Kier molecular flexibility index (Phi) is 5.13. The second-order valence-corrected chi connectivity index (χ2v) is 9.36. The van der Waals surface area contributed by atoms with E-state index in [1.165, 1.54) is 15.8 Å². The molecule has 9 heteroatoms. The fourth-order valence-corrected chi connectivity index (χ4v) is 5.05.